The van der Waals surface area contributed by atoms with Gasteiger partial charge in [0.05, 0.1) is 12.6 Å². The summed E-state index contributed by atoms with van der Waals surface area (Å²) in [5.74, 6) is 0.0412. The van der Waals surface area contributed by atoms with E-state index in [0.717, 1.165) is 24.4 Å². The van der Waals surface area contributed by atoms with Gasteiger partial charge < -0.3 is 9.64 Å². The maximum absolute atomic E-state index is 12.6. The molecule has 1 aliphatic heterocycles. The molecule has 2 aromatic rings. The molecule has 1 fully saturated rings. The van der Waals surface area contributed by atoms with Gasteiger partial charge in [-0.2, -0.15) is 0 Å². The Morgan fingerprint density at radius 1 is 1.55 bits per heavy atom. The predicted molar refractivity (Wildman–Crippen MR) is 80.2 cm³/mol. The summed E-state index contributed by atoms with van der Waals surface area (Å²) < 4.78 is 5.05. The average Bonchev–Trinajstić information content (AvgIpc) is 3.19. The third-order valence-electron chi connectivity index (χ3n) is 3.42. The molecule has 1 atom stereocenters. The molecule has 0 aromatic carbocycles. The van der Waals surface area contributed by atoms with Gasteiger partial charge in [0.15, 0.2) is 0 Å². The molecule has 0 radical (unpaired) electrons. The maximum Gasteiger partial charge on any atom is 0.273 e. The number of hydrogen-bond donors (Lipinski definition) is 0. The van der Waals surface area contributed by atoms with Crippen molar-refractivity contribution in [3.63, 3.8) is 0 Å². The minimum Gasteiger partial charge on any atom is -0.378 e. The normalized spacial score (nSPS) is 18.6. The molecule has 2 aromatic heterocycles. The van der Waals surface area contributed by atoms with Gasteiger partial charge in [0.2, 0.25) is 0 Å². The van der Waals surface area contributed by atoms with Crippen LogP contribution in [0.1, 0.15) is 39.3 Å². The Balaban J connectivity index is 1.78. The second-order valence-electron chi connectivity index (χ2n) is 4.73. The Hall–Kier alpha value is -1.24. The maximum atomic E-state index is 12.6. The van der Waals surface area contributed by atoms with Crippen LogP contribution in [0.4, 0.5) is 0 Å². The molecule has 3 heterocycles. The molecule has 0 spiro atoms. The van der Waals surface area contributed by atoms with Gasteiger partial charge in [-0.1, -0.05) is 6.07 Å². The van der Waals surface area contributed by atoms with Crippen LogP contribution in [-0.4, -0.2) is 29.4 Å². The van der Waals surface area contributed by atoms with Crippen molar-refractivity contribution in [1.82, 2.24) is 9.88 Å². The van der Waals surface area contributed by atoms with Crippen molar-refractivity contribution in [3.05, 3.63) is 38.5 Å². The van der Waals surface area contributed by atoms with Crippen LogP contribution in [0.3, 0.4) is 0 Å². The van der Waals surface area contributed by atoms with Gasteiger partial charge in [0.1, 0.15) is 10.7 Å². The molecule has 1 saturated heterocycles. The molecule has 0 saturated carbocycles. The first-order valence-corrected chi connectivity index (χ1v) is 8.33. The van der Waals surface area contributed by atoms with Crippen LogP contribution in [0.2, 0.25) is 0 Å². The summed E-state index contributed by atoms with van der Waals surface area (Å²) >= 11 is 3.20. The lowest BCUT2D eigenvalue weighted by Crippen LogP contribution is -2.30. The summed E-state index contributed by atoms with van der Waals surface area (Å²) in [4.78, 5) is 20.2. The highest BCUT2D eigenvalue weighted by Gasteiger charge is 2.32. The van der Waals surface area contributed by atoms with E-state index in [1.165, 1.54) is 16.2 Å². The van der Waals surface area contributed by atoms with Crippen molar-refractivity contribution >= 4 is 28.6 Å². The molecule has 1 aliphatic rings. The summed E-state index contributed by atoms with van der Waals surface area (Å²) in [5, 5.41) is 4.75. The van der Waals surface area contributed by atoms with E-state index in [1.54, 1.807) is 18.4 Å². The first-order valence-electron chi connectivity index (χ1n) is 6.57. The Morgan fingerprint density at radius 3 is 3.20 bits per heavy atom. The number of aromatic nitrogens is 1. The molecular weight excluding hydrogens is 292 g/mol. The summed E-state index contributed by atoms with van der Waals surface area (Å²) in [6.45, 7) is 1.28. The van der Waals surface area contributed by atoms with Crippen molar-refractivity contribution < 1.29 is 9.53 Å². The highest BCUT2D eigenvalue weighted by molar-refractivity contribution is 7.10. The van der Waals surface area contributed by atoms with Crippen LogP contribution in [0.25, 0.3) is 0 Å². The molecule has 106 valence electrons. The van der Waals surface area contributed by atoms with Crippen LogP contribution in [-0.2, 0) is 11.3 Å². The van der Waals surface area contributed by atoms with Gasteiger partial charge in [0.25, 0.3) is 5.91 Å². The van der Waals surface area contributed by atoms with E-state index < -0.39 is 0 Å². The number of carbonyl (C=O) groups excluding carboxylic acids is 1. The average molecular weight is 308 g/mol. The molecule has 3 rings (SSSR count). The number of hydrogen-bond acceptors (Lipinski definition) is 5. The molecule has 4 nitrogen and oxygen atoms in total. The topological polar surface area (TPSA) is 42.4 Å². The lowest BCUT2D eigenvalue weighted by atomic mass is 10.2. The van der Waals surface area contributed by atoms with Crippen LogP contribution in [0, 0.1) is 0 Å². The number of nitrogens with zero attached hydrogens (tertiary/aromatic N) is 2. The Morgan fingerprint density at radius 2 is 2.45 bits per heavy atom. The van der Waals surface area contributed by atoms with Crippen molar-refractivity contribution in [2.75, 3.05) is 13.7 Å². The zero-order chi connectivity index (χ0) is 13.9. The van der Waals surface area contributed by atoms with Crippen molar-refractivity contribution in [3.8, 4) is 0 Å². The lowest BCUT2D eigenvalue weighted by molar-refractivity contribution is 0.0732. The zero-order valence-corrected chi connectivity index (χ0v) is 12.9. The molecule has 0 bridgehead atoms. The SMILES string of the molecule is COCc1nc(C(=O)N2CCC[C@H]2c2cccs2)cs1. The van der Waals surface area contributed by atoms with Crippen LogP contribution in [0.15, 0.2) is 22.9 Å². The molecule has 0 aliphatic carbocycles. The minimum absolute atomic E-state index is 0.0412. The second kappa shape index (κ2) is 6.03. The fourth-order valence-electron chi connectivity index (χ4n) is 2.53. The molecule has 6 heteroatoms. The van der Waals surface area contributed by atoms with Gasteiger partial charge >= 0.3 is 0 Å². The highest BCUT2D eigenvalue weighted by atomic mass is 32.1. The number of thiophene rings is 1. The third-order valence-corrected chi connectivity index (χ3v) is 5.22. The Bertz CT molecular complexity index is 580. The predicted octanol–water partition coefficient (Wildman–Crippen LogP) is 3.33. The summed E-state index contributed by atoms with van der Waals surface area (Å²) in [5.41, 5.74) is 0.547. The number of thiazole rings is 1. The number of amides is 1. The van der Waals surface area contributed by atoms with E-state index in [1.807, 2.05) is 16.3 Å². The molecule has 0 N–H and O–H groups in total. The summed E-state index contributed by atoms with van der Waals surface area (Å²) in [6, 6.07) is 4.37. The monoisotopic (exact) mass is 308 g/mol. The van der Waals surface area contributed by atoms with Gasteiger partial charge in [-0.3, -0.25) is 4.79 Å². The minimum atomic E-state index is 0.0412. The van der Waals surface area contributed by atoms with Gasteiger partial charge in [0, 0.05) is 23.9 Å². The van der Waals surface area contributed by atoms with E-state index >= 15 is 0 Å². The quantitative estimate of drug-likeness (QED) is 0.870. The van der Waals surface area contributed by atoms with Crippen LogP contribution in [0.5, 0.6) is 0 Å². The van der Waals surface area contributed by atoms with E-state index in [-0.39, 0.29) is 11.9 Å². The Labute approximate surface area is 126 Å². The van der Waals surface area contributed by atoms with E-state index in [4.69, 9.17) is 4.74 Å². The Kier molecular flexibility index (Phi) is 4.14. The largest absolute Gasteiger partial charge is 0.378 e. The number of methoxy groups -OCH3 is 1. The molecule has 1 amide bonds. The summed E-state index contributed by atoms with van der Waals surface area (Å²) in [7, 11) is 1.64. The number of likely N-dealkylation sites (tertiary alicyclic amines) is 1. The number of ether oxygens (including phenoxy) is 1. The number of carbonyl (C=O) groups is 1. The third kappa shape index (κ3) is 2.63. The smallest absolute Gasteiger partial charge is 0.273 e. The van der Waals surface area contributed by atoms with Crippen LogP contribution >= 0.6 is 22.7 Å². The van der Waals surface area contributed by atoms with E-state index in [2.05, 4.69) is 16.4 Å². The first kappa shape index (κ1) is 13.7. The van der Waals surface area contributed by atoms with Crippen LogP contribution < -0.4 is 0 Å². The van der Waals surface area contributed by atoms with E-state index in [0.29, 0.717) is 12.3 Å². The van der Waals surface area contributed by atoms with Crippen molar-refractivity contribution in [1.29, 1.82) is 0 Å². The lowest BCUT2D eigenvalue weighted by Gasteiger charge is -2.22. The zero-order valence-electron chi connectivity index (χ0n) is 11.2. The first-order chi connectivity index (χ1) is 9.79. The molecular formula is C14H16N2O2S2. The second-order valence-corrected chi connectivity index (χ2v) is 6.65. The summed E-state index contributed by atoms with van der Waals surface area (Å²) in [6.07, 6.45) is 2.10. The molecule has 20 heavy (non-hydrogen) atoms. The van der Waals surface area contributed by atoms with Gasteiger partial charge in [-0.15, -0.1) is 22.7 Å². The van der Waals surface area contributed by atoms with Crippen molar-refractivity contribution in [2.45, 2.75) is 25.5 Å². The van der Waals surface area contributed by atoms with E-state index in [9.17, 15) is 4.79 Å². The van der Waals surface area contributed by atoms with Gasteiger partial charge in [-0.25, -0.2) is 4.98 Å². The molecule has 0 unspecified atom stereocenters. The standard InChI is InChI=1S/C14H16N2O2S2/c1-18-8-13-15-10(9-20-13)14(17)16-6-2-4-11(16)12-5-3-7-19-12/h3,5,7,9,11H,2,4,6,8H2,1H3/t11-/m0/s1. The fraction of sp³-hybridized carbons (Fsp3) is 0.429. The van der Waals surface area contributed by atoms with Gasteiger partial charge in [-0.05, 0) is 24.3 Å². The highest BCUT2D eigenvalue weighted by Crippen LogP contribution is 2.35. The number of rotatable bonds is 4. The fourth-order valence-corrected chi connectivity index (χ4v) is 4.14. The van der Waals surface area contributed by atoms with Crippen molar-refractivity contribution in [2.24, 2.45) is 0 Å².